The van der Waals surface area contributed by atoms with E-state index in [0.29, 0.717) is 0 Å². The van der Waals surface area contributed by atoms with E-state index in [1.165, 1.54) is 0 Å². The van der Waals surface area contributed by atoms with E-state index in [1.54, 1.807) is 0 Å². The van der Waals surface area contributed by atoms with E-state index in [4.69, 9.17) is 5.11 Å². The van der Waals surface area contributed by atoms with Gasteiger partial charge in [-0.25, -0.2) is 0 Å². The van der Waals surface area contributed by atoms with Gasteiger partial charge < -0.3 is 9.84 Å². The van der Waals surface area contributed by atoms with Crippen LogP contribution in [0.3, 0.4) is 0 Å². The Balaban J connectivity index is 4.21. The molecule has 10 heteroatoms. The average molecular weight is 291 g/mol. The largest absolute Gasteiger partial charge is 0.637 e. The van der Waals surface area contributed by atoms with E-state index in [9.17, 15) is 24.6 Å². The summed E-state index contributed by atoms with van der Waals surface area (Å²) >= 11 is 2.86. The molecule has 0 aromatic rings. The molecule has 0 aliphatic heterocycles. The molecule has 1 unspecified atom stereocenters. The summed E-state index contributed by atoms with van der Waals surface area (Å²) in [7, 11) is 0. The van der Waals surface area contributed by atoms with Crippen LogP contribution < -0.4 is 0 Å². The molecular formula is C5H8BrFN2O6. The van der Waals surface area contributed by atoms with Crippen molar-refractivity contribution in [2.24, 2.45) is 0 Å². The lowest BCUT2D eigenvalue weighted by Crippen LogP contribution is -2.46. The molecule has 0 bridgehead atoms. The summed E-state index contributed by atoms with van der Waals surface area (Å²) in [5, 5.41) is 29.1. The Kier molecular flexibility index (Phi) is 5.54. The highest BCUT2D eigenvalue weighted by Crippen LogP contribution is 2.13. The van der Waals surface area contributed by atoms with Crippen LogP contribution in [0.5, 0.6) is 0 Å². The highest BCUT2D eigenvalue weighted by molar-refractivity contribution is 9.09. The molecule has 0 spiro atoms. The van der Waals surface area contributed by atoms with Gasteiger partial charge in [-0.1, -0.05) is 20.3 Å². The number of nitrogens with zero attached hydrogens (tertiary/aromatic N) is 2. The van der Waals surface area contributed by atoms with Crippen molar-refractivity contribution in [3.05, 3.63) is 20.2 Å². The minimum absolute atomic E-state index is 0.114. The fourth-order valence-corrected chi connectivity index (χ4v) is 0.728. The predicted molar refractivity (Wildman–Crippen MR) is 48.4 cm³/mol. The molecular weight excluding hydrogens is 283 g/mol. The fraction of sp³-hybridized carbons (Fsp3) is 1.00. The van der Waals surface area contributed by atoms with E-state index in [1.807, 2.05) is 0 Å². The summed E-state index contributed by atoms with van der Waals surface area (Å²) in [4.78, 5) is 16.7. The lowest BCUT2D eigenvalue weighted by molar-refractivity contribution is -0.833. The van der Waals surface area contributed by atoms with Crippen molar-refractivity contribution >= 4 is 15.9 Å². The van der Waals surface area contributed by atoms with Crippen molar-refractivity contribution in [2.75, 3.05) is 18.5 Å². The van der Waals surface area contributed by atoms with E-state index >= 15 is 0 Å². The molecule has 0 saturated heterocycles. The number of halogens is 2. The predicted octanol–water partition coefficient (Wildman–Crippen LogP) is -0.0645. The Hall–Kier alpha value is -0.870. The summed E-state index contributed by atoms with van der Waals surface area (Å²) in [6.07, 6.45) is -1.01. The first-order valence-electron chi connectivity index (χ1n) is 3.64. The first kappa shape index (κ1) is 14.1. The molecule has 1 N–H and O–H groups in total. The van der Waals surface area contributed by atoms with Crippen LogP contribution in [-0.2, 0) is 4.74 Å². The Morgan fingerprint density at radius 1 is 1.47 bits per heavy atom. The van der Waals surface area contributed by atoms with Crippen LogP contribution in [0.2, 0.25) is 0 Å². The average Bonchev–Trinajstić information content (AvgIpc) is 2.16. The van der Waals surface area contributed by atoms with E-state index in [-0.39, 0.29) is 5.33 Å². The molecule has 0 rings (SSSR count). The maximum atomic E-state index is 13.0. The minimum Gasteiger partial charge on any atom is -0.390 e. The van der Waals surface area contributed by atoms with Gasteiger partial charge in [-0.05, 0) is 0 Å². The minimum atomic E-state index is -3.87. The molecule has 1 atom stereocenters. The van der Waals surface area contributed by atoms with Crippen LogP contribution in [0, 0.1) is 20.2 Å². The number of nitro groups is 2. The number of aliphatic hydroxyl groups excluding tert-OH is 1. The Morgan fingerprint density at radius 3 is 2.27 bits per heavy atom. The summed E-state index contributed by atoms with van der Waals surface area (Å²) in [6, 6.07) is 0. The topological polar surface area (TPSA) is 116 Å². The zero-order chi connectivity index (χ0) is 12.1. The standard InChI is InChI=1S/C5H8BrFN2O6/c6-1-4(10)2-15-3-5(7,8(11)12)9(13)14/h4,10H,1-3H2. The molecule has 0 radical (unpaired) electrons. The van der Waals surface area contributed by atoms with Gasteiger partial charge >= 0.3 is 5.92 Å². The summed E-state index contributed by atoms with van der Waals surface area (Å²) in [6.45, 7) is -1.78. The Labute approximate surface area is 91.4 Å². The highest BCUT2D eigenvalue weighted by Gasteiger charge is 2.58. The second-order valence-electron chi connectivity index (χ2n) is 2.56. The van der Waals surface area contributed by atoms with Crippen LogP contribution in [0.1, 0.15) is 0 Å². The molecule has 0 aliphatic carbocycles. The summed E-state index contributed by atoms with van der Waals surface area (Å²) in [5.74, 6) is -3.87. The third kappa shape index (κ3) is 4.01. The fourth-order valence-electron chi connectivity index (χ4n) is 0.541. The van der Waals surface area contributed by atoms with Gasteiger partial charge in [0, 0.05) is 5.33 Å². The molecule has 0 heterocycles. The monoisotopic (exact) mass is 290 g/mol. The van der Waals surface area contributed by atoms with Gasteiger partial charge in [-0.3, -0.25) is 20.2 Å². The van der Waals surface area contributed by atoms with Crippen molar-refractivity contribution in [3.8, 4) is 0 Å². The molecule has 15 heavy (non-hydrogen) atoms. The van der Waals surface area contributed by atoms with Crippen LogP contribution >= 0.6 is 15.9 Å². The van der Waals surface area contributed by atoms with E-state index in [2.05, 4.69) is 20.7 Å². The SMILES string of the molecule is O=[N+]([O-])C(F)(COCC(O)CBr)[N+](=O)[O-]. The molecule has 0 aromatic carbocycles. The van der Waals surface area contributed by atoms with Crippen molar-refractivity contribution < 1.29 is 24.1 Å². The van der Waals surface area contributed by atoms with E-state index in [0.717, 1.165) is 0 Å². The summed E-state index contributed by atoms with van der Waals surface area (Å²) in [5.41, 5.74) is 0. The molecule has 8 nitrogen and oxygen atoms in total. The van der Waals surface area contributed by atoms with Crippen molar-refractivity contribution in [1.82, 2.24) is 0 Å². The number of hydrogen-bond acceptors (Lipinski definition) is 6. The maximum Gasteiger partial charge on any atom is 0.637 e. The van der Waals surface area contributed by atoms with Crippen molar-refractivity contribution in [1.29, 1.82) is 0 Å². The van der Waals surface area contributed by atoms with Gasteiger partial charge in [-0.15, -0.1) is 0 Å². The van der Waals surface area contributed by atoms with Gasteiger partial charge in [0.25, 0.3) is 0 Å². The van der Waals surface area contributed by atoms with E-state index < -0.39 is 35.1 Å². The Bertz CT molecular complexity index is 238. The highest BCUT2D eigenvalue weighted by atomic mass is 79.9. The van der Waals surface area contributed by atoms with Gasteiger partial charge in [-0.2, -0.15) is 0 Å². The van der Waals surface area contributed by atoms with Gasteiger partial charge in [0.1, 0.15) is 9.85 Å². The number of ether oxygens (including phenoxy) is 1. The molecule has 88 valence electrons. The Morgan fingerprint density at radius 2 is 1.93 bits per heavy atom. The van der Waals surface area contributed by atoms with Crippen LogP contribution in [-0.4, -0.2) is 45.5 Å². The van der Waals surface area contributed by atoms with Crippen LogP contribution in [0.4, 0.5) is 4.39 Å². The van der Waals surface area contributed by atoms with Gasteiger partial charge in [0.05, 0.1) is 12.7 Å². The van der Waals surface area contributed by atoms with Crippen LogP contribution in [0.25, 0.3) is 0 Å². The smallest absolute Gasteiger partial charge is 0.390 e. The molecule has 0 fully saturated rings. The molecule has 0 saturated carbocycles. The molecule has 0 aliphatic rings. The van der Waals surface area contributed by atoms with Crippen LogP contribution in [0.15, 0.2) is 0 Å². The lowest BCUT2D eigenvalue weighted by Gasteiger charge is -2.10. The first-order chi connectivity index (χ1) is 6.84. The zero-order valence-corrected chi connectivity index (χ0v) is 8.92. The van der Waals surface area contributed by atoms with Gasteiger partial charge in [0.2, 0.25) is 6.61 Å². The van der Waals surface area contributed by atoms with Gasteiger partial charge in [0.15, 0.2) is 0 Å². The molecule has 0 amide bonds. The molecule has 0 aromatic heterocycles. The van der Waals surface area contributed by atoms with Crippen molar-refractivity contribution in [3.63, 3.8) is 0 Å². The second kappa shape index (κ2) is 5.88. The third-order valence-electron chi connectivity index (χ3n) is 1.33. The number of hydrogen-bond donors (Lipinski definition) is 1. The van der Waals surface area contributed by atoms with Crippen molar-refractivity contribution in [2.45, 2.75) is 12.0 Å². The summed E-state index contributed by atoms with van der Waals surface area (Å²) < 4.78 is 17.3. The number of aliphatic hydroxyl groups is 1. The maximum absolute atomic E-state index is 13.0. The quantitative estimate of drug-likeness (QED) is 0.231. The number of alkyl halides is 2. The zero-order valence-electron chi connectivity index (χ0n) is 7.34. The normalized spacial score (nSPS) is 13.5. The lowest BCUT2D eigenvalue weighted by atomic mass is 10.4. The first-order valence-corrected chi connectivity index (χ1v) is 4.76. The third-order valence-corrected chi connectivity index (χ3v) is 2.08. The number of rotatable bonds is 7. The second-order valence-corrected chi connectivity index (χ2v) is 3.20.